The molecule has 0 spiro atoms. The van der Waals surface area contributed by atoms with Gasteiger partial charge in [0.25, 0.3) is 0 Å². The molecule has 1 aromatic carbocycles. The van der Waals surface area contributed by atoms with E-state index in [1.165, 1.54) is 0 Å². The number of aromatic nitrogens is 4. The van der Waals surface area contributed by atoms with Crippen LogP contribution in [0.2, 0.25) is 0 Å². The predicted octanol–water partition coefficient (Wildman–Crippen LogP) is 3.60. The third-order valence-corrected chi connectivity index (χ3v) is 3.96. The Balaban J connectivity index is 1.79. The Kier molecular flexibility index (Phi) is 3.63. The summed E-state index contributed by atoms with van der Waals surface area (Å²) in [5, 5.41) is 6.01. The van der Waals surface area contributed by atoms with Gasteiger partial charge in [0.2, 0.25) is 5.89 Å². The number of rotatable bonds is 3. The lowest BCUT2D eigenvalue weighted by Gasteiger charge is -2.10. The summed E-state index contributed by atoms with van der Waals surface area (Å²) in [5.74, 6) is 1.97. The zero-order chi connectivity index (χ0) is 14.9. The van der Waals surface area contributed by atoms with Crippen LogP contribution in [-0.4, -0.2) is 20.1 Å². The number of benzene rings is 1. The predicted molar refractivity (Wildman–Crippen MR) is 82.1 cm³/mol. The SMILES string of the molecule is CC(C)(C)c1nc(CSc2ncnc3ccccc23)no1. The zero-order valence-electron chi connectivity index (χ0n) is 12.2. The molecule has 0 saturated carbocycles. The van der Waals surface area contributed by atoms with Gasteiger partial charge < -0.3 is 4.52 Å². The van der Waals surface area contributed by atoms with Gasteiger partial charge in [0.1, 0.15) is 11.4 Å². The molecule has 3 aromatic rings. The summed E-state index contributed by atoms with van der Waals surface area (Å²) in [6, 6.07) is 7.96. The fourth-order valence-electron chi connectivity index (χ4n) is 1.85. The van der Waals surface area contributed by atoms with E-state index in [-0.39, 0.29) is 5.41 Å². The molecule has 0 saturated heterocycles. The monoisotopic (exact) mass is 300 g/mol. The number of nitrogens with zero attached hydrogens (tertiary/aromatic N) is 4. The summed E-state index contributed by atoms with van der Waals surface area (Å²) >= 11 is 1.59. The van der Waals surface area contributed by atoms with Crippen LogP contribution in [0.4, 0.5) is 0 Å². The number of hydrogen-bond acceptors (Lipinski definition) is 6. The lowest BCUT2D eigenvalue weighted by atomic mass is 9.97. The molecule has 108 valence electrons. The third-order valence-electron chi connectivity index (χ3n) is 2.95. The standard InChI is InChI=1S/C15H16N4OS/c1-15(2,3)14-18-12(19-20-14)8-21-13-10-6-4-5-7-11(10)16-9-17-13/h4-7,9H,8H2,1-3H3. The number of fused-ring (bicyclic) bond motifs is 1. The molecule has 2 heterocycles. The van der Waals surface area contributed by atoms with Gasteiger partial charge in [-0.25, -0.2) is 9.97 Å². The lowest BCUT2D eigenvalue weighted by molar-refractivity contribution is 0.319. The van der Waals surface area contributed by atoms with Gasteiger partial charge in [-0.15, -0.1) is 0 Å². The van der Waals surface area contributed by atoms with E-state index >= 15 is 0 Å². The maximum Gasteiger partial charge on any atom is 0.232 e. The summed E-state index contributed by atoms with van der Waals surface area (Å²) in [4.78, 5) is 13.0. The van der Waals surface area contributed by atoms with E-state index in [0.29, 0.717) is 17.5 Å². The highest BCUT2D eigenvalue weighted by Crippen LogP contribution is 2.27. The molecule has 2 aromatic heterocycles. The van der Waals surface area contributed by atoms with Crippen LogP contribution in [0.1, 0.15) is 32.5 Å². The van der Waals surface area contributed by atoms with Gasteiger partial charge >= 0.3 is 0 Å². The summed E-state index contributed by atoms with van der Waals surface area (Å²) in [6.45, 7) is 6.15. The fourth-order valence-corrected chi connectivity index (χ4v) is 2.68. The summed E-state index contributed by atoms with van der Waals surface area (Å²) in [7, 11) is 0. The molecule has 6 heteroatoms. The van der Waals surface area contributed by atoms with E-state index in [1.807, 2.05) is 24.3 Å². The van der Waals surface area contributed by atoms with E-state index in [4.69, 9.17) is 4.52 Å². The van der Waals surface area contributed by atoms with Crippen molar-refractivity contribution in [2.45, 2.75) is 37.0 Å². The molecule has 21 heavy (non-hydrogen) atoms. The topological polar surface area (TPSA) is 64.7 Å². The van der Waals surface area contributed by atoms with E-state index < -0.39 is 0 Å². The number of hydrogen-bond donors (Lipinski definition) is 0. The Hall–Kier alpha value is -1.95. The minimum atomic E-state index is -0.127. The molecule has 0 bridgehead atoms. The first-order chi connectivity index (χ1) is 10.0. The normalized spacial score (nSPS) is 12.0. The van der Waals surface area contributed by atoms with E-state index in [2.05, 4.69) is 40.9 Å². The lowest BCUT2D eigenvalue weighted by Crippen LogP contribution is -2.11. The molecule has 0 unspecified atom stereocenters. The minimum Gasteiger partial charge on any atom is -0.339 e. The van der Waals surface area contributed by atoms with Gasteiger partial charge in [0.15, 0.2) is 5.82 Å². The maximum atomic E-state index is 5.30. The Morgan fingerprint density at radius 3 is 2.71 bits per heavy atom. The van der Waals surface area contributed by atoms with Crippen LogP contribution in [0.25, 0.3) is 10.9 Å². The molecule has 0 amide bonds. The zero-order valence-corrected chi connectivity index (χ0v) is 13.0. The molecular weight excluding hydrogens is 284 g/mol. The van der Waals surface area contributed by atoms with Crippen LogP contribution in [0.5, 0.6) is 0 Å². The van der Waals surface area contributed by atoms with Crippen LogP contribution in [0.15, 0.2) is 40.1 Å². The largest absolute Gasteiger partial charge is 0.339 e. The molecule has 5 nitrogen and oxygen atoms in total. The Morgan fingerprint density at radius 1 is 1.14 bits per heavy atom. The Bertz CT molecular complexity index is 758. The van der Waals surface area contributed by atoms with Crippen molar-refractivity contribution in [3.63, 3.8) is 0 Å². The van der Waals surface area contributed by atoms with Gasteiger partial charge in [-0.05, 0) is 6.07 Å². The van der Waals surface area contributed by atoms with Crippen LogP contribution in [-0.2, 0) is 11.2 Å². The van der Waals surface area contributed by atoms with Gasteiger partial charge in [0, 0.05) is 10.8 Å². The molecule has 0 aliphatic carbocycles. The number of para-hydroxylation sites is 1. The number of thioether (sulfide) groups is 1. The second-order valence-corrected chi connectivity index (χ2v) is 6.71. The Morgan fingerprint density at radius 2 is 1.95 bits per heavy atom. The van der Waals surface area contributed by atoms with Crippen LogP contribution < -0.4 is 0 Å². The molecule has 0 radical (unpaired) electrons. The van der Waals surface area contributed by atoms with Crippen molar-refractivity contribution < 1.29 is 4.52 Å². The second kappa shape index (κ2) is 5.44. The summed E-state index contributed by atoms with van der Waals surface area (Å²) in [5.41, 5.74) is 0.816. The molecule has 0 atom stereocenters. The van der Waals surface area contributed by atoms with Gasteiger partial charge in [-0.3, -0.25) is 0 Å². The van der Waals surface area contributed by atoms with Crippen LogP contribution in [0, 0.1) is 0 Å². The van der Waals surface area contributed by atoms with Gasteiger partial charge in [0.05, 0.1) is 11.3 Å². The molecule has 0 aliphatic rings. The second-order valence-electron chi connectivity index (χ2n) is 5.75. The minimum absolute atomic E-state index is 0.127. The molecular formula is C15H16N4OS. The van der Waals surface area contributed by atoms with Crippen molar-refractivity contribution in [3.8, 4) is 0 Å². The van der Waals surface area contributed by atoms with Crippen molar-refractivity contribution in [3.05, 3.63) is 42.3 Å². The van der Waals surface area contributed by atoms with E-state index in [0.717, 1.165) is 15.9 Å². The highest BCUT2D eigenvalue weighted by Gasteiger charge is 2.21. The van der Waals surface area contributed by atoms with Crippen molar-refractivity contribution >= 4 is 22.7 Å². The first kappa shape index (κ1) is 14.0. The van der Waals surface area contributed by atoms with Crippen molar-refractivity contribution in [2.24, 2.45) is 0 Å². The summed E-state index contributed by atoms with van der Waals surface area (Å²) < 4.78 is 5.30. The highest BCUT2D eigenvalue weighted by molar-refractivity contribution is 7.98. The maximum absolute atomic E-state index is 5.30. The first-order valence-electron chi connectivity index (χ1n) is 6.69. The fraction of sp³-hybridized carbons (Fsp3) is 0.333. The van der Waals surface area contributed by atoms with E-state index in [1.54, 1.807) is 18.1 Å². The molecule has 0 N–H and O–H groups in total. The average molecular weight is 300 g/mol. The molecule has 3 rings (SSSR count). The van der Waals surface area contributed by atoms with Crippen molar-refractivity contribution in [1.29, 1.82) is 0 Å². The van der Waals surface area contributed by atoms with Crippen LogP contribution >= 0.6 is 11.8 Å². The average Bonchev–Trinajstić information content (AvgIpc) is 2.94. The van der Waals surface area contributed by atoms with Gasteiger partial charge in [-0.2, -0.15) is 4.98 Å². The van der Waals surface area contributed by atoms with Crippen LogP contribution in [0.3, 0.4) is 0 Å². The molecule has 0 fully saturated rings. The van der Waals surface area contributed by atoms with Crippen molar-refractivity contribution in [1.82, 2.24) is 20.1 Å². The molecule has 0 aliphatic heterocycles. The highest BCUT2D eigenvalue weighted by atomic mass is 32.2. The van der Waals surface area contributed by atoms with Gasteiger partial charge in [-0.1, -0.05) is 55.9 Å². The third kappa shape index (κ3) is 3.05. The van der Waals surface area contributed by atoms with E-state index in [9.17, 15) is 0 Å². The smallest absolute Gasteiger partial charge is 0.232 e. The quantitative estimate of drug-likeness (QED) is 0.544. The Labute approximate surface area is 127 Å². The van der Waals surface area contributed by atoms with Crippen molar-refractivity contribution in [2.75, 3.05) is 0 Å². The first-order valence-corrected chi connectivity index (χ1v) is 7.68. The summed E-state index contributed by atoms with van der Waals surface area (Å²) in [6.07, 6.45) is 1.58.